The van der Waals surface area contributed by atoms with Crippen molar-refractivity contribution in [3.05, 3.63) is 59.2 Å². The van der Waals surface area contributed by atoms with Gasteiger partial charge in [-0.15, -0.1) is 11.3 Å². The third-order valence-electron chi connectivity index (χ3n) is 6.84. The molecule has 2 fully saturated rings. The lowest BCUT2D eigenvalue weighted by molar-refractivity contribution is -0.158. The summed E-state index contributed by atoms with van der Waals surface area (Å²) in [5, 5.41) is 14.3. The topological polar surface area (TPSA) is 125 Å². The first kappa shape index (κ1) is 25.3. The van der Waals surface area contributed by atoms with E-state index in [1.54, 1.807) is 0 Å². The third kappa shape index (κ3) is 4.90. The Morgan fingerprint density at radius 3 is 2.71 bits per heavy atom. The fourth-order valence-corrected chi connectivity index (χ4v) is 6.53. The van der Waals surface area contributed by atoms with Crippen molar-refractivity contribution >= 4 is 44.9 Å². The zero-order valence-corrected chi connectivity index (χ0v) is 22.5. The van der Waals surface area contributed by atoms with Gasteiger partial charge in [-0.25, -0.2) is 9.97 Å². The van der Waals surface area contributed by atoms with Crippen molar-refractivity contribution in [1.82, 2.24) is 15.0 Å². The maximum atomic E-state index is 9.95. The number of ether oxygens (including phenoxy) is 3. The van der Waals surface area contributed by atoms with E-state index in [1.807, 2.05) is 62.4 Å². The summed E-state index contributed by atoms with van der Waals surface area (Å²) in [6.45, 7) is 4.23. The average molecular weight is 554 g/mol. The van der Waals surface area contributed by atoms with E-state index in [4.69, 9.17) is 36.5 Å². The monoisotopic (exact) mass is 553 g/mol. The van der Waals surface area contributed by atoms with Crippen molar-refractivity contribution in [2.45, 2.75) is 50.9 Å². The van der Waals surface area contributed by atoms with Gasteiger partial charge in [-0.2, -0.15) is 4.98 Å². The Labute approximate surface area is 228 Å². The molecule has 0 unspecified atom stereocenters. The number of aromatic nitrogens is 3. The maximum Gasteiger partial charge on any atom is 0.223 e. The van der Waals surface area contributed by atoms with Gasteiger partial charge < -0.3 is 30.4 Å². The Morgan fingerprint density at radius 2 is 1.92 bits per heavy atom. The highest BCUT2D eigenvalue weighted by molar-refractivity contribution is 7.21. The molecule has 0 amide bonds. The summed E-state index contributed by atoms with van der Waals surface area (Å²) >= 11 is 8.09. The van der Waals surface area contributed by atoms with Crippen molar-refractivity contribution < 1.29 is 19.3 Å². The van der Waals surface area contributed by atoms with E-state index < -0.39 is 5.79 Å². The molecule has 0 spiro atoms. The number of fused-ring (bicyclic) bond motifs is 2. The van der Waals surface area contributed by atoms with Crippen LogP contribution in [0.25, 0.3) is 20.8 Å². The van der Waals surface area contributed by atoms with E-state index in [0.29, 0.717) is 29.4 Å². The third-order valence-corrected chi connectivity index (χ3v) is 8.15. The van der Waals surface area contributed by atoms with Crippen molar-refractivity contribution in [3.8, 4) is 16.3 Å². The lowest BCUT2D eigenvalue weighted by Gasteiger charge is -2.24. The molecule has 0 bridgehead atoms. The van der Waals surface area contributed by atoms with Crippen LogP contribution in [-0.4, -0.2) is 50.7 Å². The predicted octanol–water partition coefficient (Wildman–Crippen LogP) is 4.88. The minimum atomic E-state index is -0.735. The number of hydrogen-bond donors (Lipinski definition) is 3. The molecule has 0 radical (unpaired) electrons. The number of halogens is 1. The van der Waals surface area contributed by atoms with E-state index in [1.165, 1.54) is 11.3 Å². The molecule has 2 aromatic heterocycles. The second-order valence-corrected chi connectivity index (χ2v) is 11.4. The summed E-state index contributed by atoms with van der Waals surface area (Å²) < 4.78 is 19.2. The first-order valence-electron chi connectivity index (χ1n) is 12.4. The summed E-state index contributed by atoms with van der Waals surface area (Å²) in [5.74, 6) is 0.479. The molecule has 2 aromatic carbocycles. The molecule has 4 atom stereocenters. The van der Waals surface area contributed by atoms with Crippen LogP contribution in [0, 0.1) is 5.92 Å². The minimum Gasteiger partial charge on any atom is -0.489 e. The Bertz CT molecular complexity index is 1470. The number of benzene rings is 2. The average Bonchev–Trinajstić information content (AvgIpc) is 3.53. The number of nitrogens with zero attached hydrogens (tertiary/aromatic N) is 3. The summed E-state index contributed by atoms with van der Waals surface area (Å²) in [6, 6.07) is 15.6. The highest BCUT2D eigenvalue weighted by atomic mass is 35.5. The number of nitrogens with two attached hydrogens (primary N) is 1. The number of anilines is 2. The molecule has 1 aliphatic heterocycles. The van der Waals surface area contributed by atoms with Gasteiger partial charge in [0.15, 0.2) is 5.79 Å². The van der Waals surface area contributed by atoms with Crippen LogP contribution in [0.5, 0.6) is 5.75 Å². The molecule has 6 rings (SSSR count). The molecule has 198 valence electrons. The Kier molecular flexibility index (Phi) is 6.61. The predicted molar refractivity (Wildman–Crippen MR) is 147 cm³/mol. The largest absolute Gasteiger partial charge is 0.489 e. The molecule has 4 aromatic rings. The van der Waals surface area contributed by atoms with Gasteiger partial charge in [0, 0.05) is 12.5 Å². The number of rotatable bonds is 7. The summed E-state index contributed by atoms with van der Waals surface area (Å²) in [7, 11) is 0. The highest BCUT2D eigenvalue weighted by Gasteiger charge is 2.54. The van der Waals surface area contributed by atoms with Crippen molar-refractivity contribution in [2.24, 2.45) is 5.92 Å². The zero-order valence-electron chi connectivity index (χ0n) is 20.9. The minimum absolute atomic E-state index is 0.00482. The Morgan fingerprint density at radius 1 is 1.13 bits per heavy atom. The molecule has 9 nitrogen and oxygen atoms in total. The van der Waals surface area contributed by atoms with Gasteiger partial charge in [-0.3, -0.25) is 0 Å². The van der Waals surface area contributed by atoms with Crippen LogP contribution in [0.4, 0.5) is 11.8 Å². The molecule has 1 saturated heterocycles. The van der Waals surface area contributed by atoms with Crippen LogP contribution in [0.15, 0.2) is 48.5 Å². The van der Waals surface area contributed by atoms with Crippen LogP contribution in [0.2, 0.25) is 5.15 Å². The molecular formula is C27H28ClN5O4S. The molecular weight excluding hydrogens is 526 g/mol. The molecule has 38 heavy (non-hydrogen) atoms. The quantitative estimate of drug-likeness (QED) is 0.274. The molecule has 11 heteroatoms. The lowest BCUT2D eigenvalue weighted by Crippen LogP contribution is -2.35. The number of thiazole rings is 1. The molecule has 1 aliphatic carbocycles. The van der Waals surface area contributed by atoms with E-state index >= 15 is 0 Å². The van der Waals surface area contributed by atoms with Crippen LogP contribution in [0.3, 0.4) is 0 Å². The highest BCUT2D eigenvalue weighted by Crippen LogP contribution is 2.44. The fourth-order valence-electron chi connectivity index (χ4n) is 5.17. The zero-order chi connectivity index (χ0) is 26.4. The molecule has 2 aliphatic rings. The number of aliphatic hydroxyl groups excluding tert-OH is 1. The molecule has 4 N–H and O–H groups in total. The molecule has 3 heterocycles. The van der Waals surface area contributed by atoms with Gasteiger partial charge >= 0.3 is 0 Å². The van der Waals surface area contributed by atoms with Gasteiger partial charge in [0.1, 0.15) is 34.4 Å². The van der Waals surface area contributed by atoms with Crippen LogP contribution >= 0.6 is 22.9 Å². The van der Waals surface area contributed by atoms with E-state index in [2.05, 4.69) is 15.3 Å². The second-order valence-electron chi connectivity index (χ2n) is 10.0. The lowest BCUT2D eigenvalue weighted by atomic mass is 10.1. The Hall–Kier alpha value is -3.02. The number of aliphatic hydroxyl groups is 1. The van der Waals surface area contributed by atoms with Gasteiger partial charge in [-0.1, -0.05) is 41.9 Å². The standard InChI is InChI=1S/C27H28ClN5O4S/c1-27(2)36-21-15(12-34)10-18(22(21)37-27)30-24-20(23(28)32-26(29)33-24)25-31-17-9-8-16(11-19(17)38-25)35-13-14-6-4-3-5-7-14/h3-9,11,15,18,21-22,34H,10,12-13H2,1-2H3,(H3,29,30,32,33)/t15-,18-,21-,22+/m1/s1. The number of hydrogen-bond acceptors (Lipinski definition) is 10. The normalized spacial score (nSPS) is 24.0. The van der Waals surface area contributed by atoms with Crippen molar-refractivity contribution in [1.29, 1.82) is 0 Å². The van der Waals surface area contributed by atoms with E-state index in [9.17, 15) is 5.11 Å². The van der Waals surface area contributed by atoms with Gasteiger partial charge in [0.05, 0.1) is 27.9 Å². The van der Waals surface area contributed by atoms with E-state index in [-0.39, 0.29) is 41.9 Å². The Balaban J connectivity index is 1.29. The summed E-state index contributed by atoms with van der Waals surface area (Å²) in [5.41, 5.74) is 8.46. The van der Waals surface area contributed by atoms with Crippen LogP contribution < -0.4 is 15.8 Å². The molecule has 1 saturated carbocycles. The maximum absolute atomic E-state index is 9.95. The SMILES string of the molecule is CC1(C)O[C@@H]2[C@@H](CO)C[C@@H](Nc3nc(N)nc(Cl)c3-c3nc4ccc(OCc5ccccc5)cc4s3)[C@@H]2O1. The van der Waals surface area contributed by atoms with Crippen LogP contribution in [0.1, 0.15) is 25.8 Å². The smallest absolute Gasteiger partial charge is 0.223 e. The number of nitrogens with one attached hydrogen (secondary N) is 1. The van der Waals surface area contributed by atoms with Crippen molar-refractivity contribution in [2.75, 3.05) is 17.7 Å². The summed E-state index contributed by atoms with van der Waals surface area (Å²) in [6.07, 6.45) is 0.164. The first-order chi connectivity index (χ1) is 18.3. The van der Waals surface area contributed by atoms with E-state index in [0.717, 1.165) is 21.5 Å². The second kappa shape index (κ2) is 9.94. The van der Waals surface area contributed by atoms with Gasteiger partial charge in [-0.05, 0) is 44.0 Å². The summed E-state index contributed by atoms with van der Waals surface area (Å²) in [4.78, 5) is 13.5. The van der Waals surface area contributed by atoms with Crippen molar-refractivity contribution in [3.63, 3.8) is 0 Å². The fraction of sp³-hybridized carbons (Fsp3) is 0.370. The van der Waals surface area contributed by atoms with Crippen LogP contribution in [-0.2, 0) is 16.1 Å². The first-order valence-corrected chi connectivity index (χ1v) is 13.6. The van der Waals surface area contributed by atoms with Gasteiger partial charge in [0.2, 0.25) is 5.95 Å². The number of nitrogen functional groups attached to an aromatic ring is 1. The van der Waals surface area contributed by atoms with Gasteiger partial charge in [0.25, 0.3) is 0 Å².